The summed E-state index contributed by atoms with van der Waals surface area (Å²) in [5, 5.41) is 14.4. The molecule has 0 aromatic heterocycles. The molecule has 0 aliphatic carbocycles. The predicted octanol–water partition coefficient (Wildman–Crippen LogP) is 2.89. The van der Waals surface area contributed by atoms with Crippen molar-refractivity contribution in [1.82, 2.24) is 4.90 Å². The number of likely N-dealkylation sites (tertiary alicyclic amines) is 1. The number of likely N-dealkylation sites (N-methyl/N-ethyl adjacent to an activating group) is 1. The topological polar surface area (TPSA) is 67.6 Å². The minimum Gasteiger partial charge on any atom is -0.484 e. The Morgan fingerprint density at radius 2 is 2.29 bits per heavy atom. The van der Waals surface area contributed by atoms with Gasteiger partial charge in [-0.25, -0.2) is 0 Å². The number of benzene rings is 1. The minimum absolute atomic E-state index is 0.00670. The number of nitrogens with zero attached hydrogens (tertiary/aromatic N) is 2. The molecule has 116 valence electrons. The SMILES string of the molecule is CC(C)Oc1cc(NCC2CCCN2C)ccc1[N+](=O)[O-]. The Labute approximate surface area is 125 Å². The van der Waals surface area contributed by atoms with E-state index in [1.165, 1.54) is 18.9 Å². The first-order valence-corrected chi connectivity index (χ1v) is 7.36. The zero-order valence-electron chi connectivity index (χ0n) is 12.8. The Bertz CT molecular complexity index is 505. The molecule has 0 radical (unpaired) electrons. The van der Waals surface area contributed by atoms with Crippen LogP contribution in [0.2, 0.25) is 0 Å². The van der Waals surface area contributed by atoms with E-state index in [9.17, 15) is 10.1 Å². The van der Waals surface area contributed by atoms with Crippen molar-refractivity contribution >= 4 is 11.4 Å². The van der Waals surface area contributed by atoms with E-state index in [1.807, 2.05) is 13.8 Å². The third kappa shape index (κ3) is 4.07. The van der Waals surface area contributed by atoms with Crippen molar-refractivity contribution in [3.63, 3.8) is 0 Å². The number of nitro groups is 1. The number of ether oxygens (including phenoxy) is 1. The summed E-state index contributed by atoms with van der Waals surface area (Å²) in [5.41, 5.74) is 0.865. The smallest absolute Gasteiger partial charge is 0.311 e. The Kier molecular flexibility index (Phi) is 5.01. The Morgan fingerprint density at radius 3 is 2.86 bits per heavy atom. The van der Waals surface area contributed by atoms with Crippen molar-refractivity contribution in [1.29, 1.82) is 0 Å². The van der Waals surface area contributed by atoms with Crippen LogP contribution in [0.1, 0.15) is 26.7 Å². The lowest BCUT2D eigenvalue weighted by Gasteiger charge is -2.20. The van der Waals surface area contributed by atoms with Gasteiger partial charge in [0.15, 0.2) is 5.75 Å². The first-order valence-electron chi connectivity index (χ1n) is 7.36. The molecule has 0 amide bonds. The maximum absolute atomic E-state index is 11.0. The fraction of sp³-hybridized carbons (Fsp3) is 0.600. The van der Waals surface area contributed by atoms with Crippen molar-refractivity contribution in [3.8, 4) is 5.75 Å². The molecule has 1 saturated heterocycles. The highest BCUT2D eigenvalue weighted by molar-refractivity contribution is 5.58. The number of nitro benzene ring substituents is 1. The second-order valence-corrected chi connectivity index (χ2v) is 5.76. The molecule has 1 aliphatic heterocycles. The van der Waals surface area contributed by atoms with Gasteiger partial charge >= 0.3 is 5.69 Å². The number of hydrogen-bond acceptors (Lipinski definition) is 5. The van der Waals surface area contributed by atoms with Crippen LogP contribution in [-0.4, -0.2) is 42.1 Å². The second kappa shape index (κ2) is 6.76. The van der Waals surface area contributed by atoms with Crippen molar-refractivity contribution in [2.75, 3.05) is 25.5 Å². The molecule has 1 fully saturated rings. The average molecular weight is 293 g/mol. The zero-order chi connectivity index (χ0) is 15.4. The molecule has 0 bridgehead atoms. The van der Waals surface area contributed by atoms with E-state index >= 15 is 0 Å². The van der Waals surface area contributed by atoms with Gasteiger partial charge in [-0.05, 0) is 46.3 Å². The van der Waals surface area contributed by atoms with Crippen LogP contribution in [0.3, 0.4) is 0 Å². The van der Waals surface area contributed by atoms with E-state index in [4.69, 9.17) is 4.74 Å². The van der Waals surface area contributed by atoms with Crippen LogP contribution < -0.4 is 10.1 Å². The molecule has 6 nitrogen and oxygen atoms in total. The predicted molar refractivity (Wildman–Crippen MR) is 83.0 cm³/mol. The first kappa shape index (κ1) is 15.6. The van der Waals surface area contributed by atoms with E-state index in [1.54, 1.807) is 12.1 Å². The van der Waals surface area contributed by atoms with Crippen molar-refractivity contribution in [2.45, 2.75) is 38.8 Å². The highest BCUT2D eigenvalue weighted by atomic mass is 16.6. The lowest BCUT2D eigenvalue weighted by molar-refractivity contribution is -0.386. The average Bonchev–Trinajstić information content (AvgIpc) is 2.81. The summed E-state index contributed by atoms with van der Waals surface area (Å²) in [4.78, 5) is 12.9. The third-order valence-electron chi connectivity index (χ3n) is 3.73. The number of hydrogen-bond donors (Lipinski definition) is 1. The molecular formula is C15H23N3O3. The Morgan fingerprint density at radius 1 is 1.52 bits per heavy atom. The van der Waals surface area contributed by atoms with Crippen molar-refractivity contribution in [3.05, 3.63) is 28.3 Å². The van der Waals surface area contributed by atoms with Gasteiger partial charge in [0.25, 0.3) is 0 Å². The summed E-state index contributed by atoms with van der Waals surface area (Å²) >= 11 is 0. The van der Waals surface area contributed by atoms with Crippen LogP contribution in [0.5, 0.6) is 5.75 Å². The molecule has 6 heteroatoms. The van der Waals surface area contributed by atoms with Crippen LogP contribution in [0.4, 0.5) is 11.4 Å². The van der Waals surface area contributed by atoms with Crippen LogP contribution in [0.25, 0.3) is 0 Å². The van der Waals surface area contributed by atoms with Crippen molar-refractivity contribution in [2.24, 2.45) is 0 Å². The summed E-state index contributed by atoms with van der Waals surface area (Å²) in [6.45, 7) is 5.69. The van der Waals surface area contributed by atoms with Gasteiger partial charge in [0.05, 0.1) is 11.0 Å². The van der Waals surface area contributed by atoms with Gasteiger partial charge in [-0.1, -0.05) is 0 Å². The van der Waals surface area contributed by atoms with Gasteiger partial charge in [0, 0.05) is 30.4 Å². The van der Waals surface area contributed by atoms with Crippen LogP contribution in [0.15, 0.2) is 18.2 Å². The summed E-state index contributed by atoms with van der Waals surface area (Å²) < 4.78 is 5.55. The first-order chi connectivity index (χ1) is 9.97. The summed E-state index contributed by atoms with van der Waals surface area (Å²) in [5.74, 6) is 0.319. The van der Waals surface area contributed by atoms with E-state index < -0.39 is 4.92 Å². The van der Waals surface area contributed by atoms with Gasteiger partial charge in [-0.2, -0.15) is 0 Å². The lowest BCUT2D eigenvalue weighted by Crippen LogP contribution is -2.31. The zero-order valence-corrected chi connectivity index (χ0v) is 12.8. The Balaban J connectivity index is 2.07. The van der Waals surface area contributed by atoms with Crippen LogP contribution >= 0.6 is 0 Å². The maximum Gasteiger partial charge on any atom is 0.311 e. The molecule has 1 heterocycles. The van der Waals surface area contributed by atoms with Gasteiger partial charge in [0.2, 0.25) is 0 Å². The lowest BCUT2D eigenvalue weighted by atomic mass is 10.2. The van der Waals surface area contributed by atoms with E-state index in [-0.39, 0.29) is 11.8 Å². The van der Waals surface area contributed by atoms with Crippen LogP contribution in [0, 0.1) is 10.1 Å². The minimum atomic E-state index is -0.410. The van der Waals surface area contributed by atoms with Crippen molar-refractivity contribution < 1.29 is 9.66 Å². The molecule has 0 saturated carbocycles. The largest absolute Gasteiger partial charge is 0.484 e. The molecule has 1 aromatic rings. The summed E-state index contributed by atoms with van der Waals surface area (Å²) in [6.07, 6.45) is 2.32. The molecule has 0 spiro atoms. The van der Waals surface area contributed by atoms with E-state index in [0.717, 1.165) is 18.8 Å². The monoisotopic (exact) mass is 293 g/mol. The molecule has 1 N–H and O–H groups in total. The molecule has 21 heavy (non-hydrogen) atoms. The number of rotatable bonds is 6. The summed E-state index contributed by atoms with van der Waals surface area (Å²) in [7, 11) is 2.13. The second-order valence-electron chi connectivity index (χ2n) is 5.76. The fourth-order valence-corrected chi connectivity index (χ4v) is 2.60. The molecule has 1 atom stereocenters. The molecule has 1 unspecified atom stereocenters. The normalized spacial score (nSPS) is 19.0. The summed E-state index contributed by atoms with van der Waals surface area (Å²) in [6, 6.07) is 5.47. The molecule has 1 aromatic carbocycles. The van der Waals surface area contributed by atoms with Gasteiger partial charge in [-0.3, -0.25) is 10.1 Å². The van der Waals surface area contributed by atoms with Crippen LogP contribution in [-0.2, 0) is 0 Å². The number of anilines is 1. The highest BCUT2D eigenvalue weighted by Gasteiger charge is 2.21. The molecule has 1 aliphatic rings. The fourth-order valence-electron chi connectivity index (χ4n) is 2.60. The maximum atomic E-state index is 11.0. The standard InChI is InChI=1S/C15H23N3O3/c1-11(2)21-15-9-12(6-7-14(15)18(19)20)16-10-13-5-4-8-17(13)3/h6-7,9,11,13,16H,4-5,8,10H2,1-3H3. The Hall–Kier alpha value is -1.82. The molecule has 2 rings (SSSR count). The van der Waals surface area contributed by atoms with Gasteiger partial charge in [-0.15, -0.1) is 0 Å². The highest BCUT2D eigenvalue weighted by Crippen LogP contribution is 2.31. The van der Waals surface area contributed by atoms with Gasteiger partial charge < -0.3 is 15.0 Å². The number of nitrogens with one attached hydrogen (secondary N) is 1. The van der Waals surface area contributed by atoms with E-state index in [0.29, 0.717) is 11.8 Å². The third-order valence-corrected chi connectivity index (χ3v) is 3.73. The quantitative estimate of drug-likeness (QED) is 0.645. The van der Waals surface area contributed by atoms with E-state index in [2.05, 4.69) is 17.3 Å². The van der Waals surface area contributed by atoms with Gasteiger partial charge in [0.1, 0.15) is 0 Å². The molecular weight excluding hydrogens is 270 g/mol.